The largest absolute Gasteiger partial charge is 0.462 e. The Kier molecular flexibility index (Phi) is 6.00. The monoisotopic (exact) mass is 504 g/mol. The summed E-state index contributed by atoms with van der Waals surface area (Å²) in [5.74, 6) is 2.56. The molecule has 6 heteroatoms. The van der Waals surface area contributed by atoms with Crippen LogP contribution in [0.5, 0.6) is 0 Å². The molecule has 1 heterocycles. The van der Waals surface area contributed by atoms with Crippen molar-refractivity contribution < 1.29 is 19.1 Å². The molecule has 6 nitrogen and oxygen atoms in total. The van der Waals surface area contributed by atoms with Gasteiger partial charge in [-0.05, 0) is 85.7 Å². The van der Waals surface area contributed by atoms with Gasteiger partial charge in [0.05, 0.1) is 0 Å². The van der Waals surface area contributed by atoms with Gasteiger partial charge in [0.15, 0.2) is 6.23 Å². The molecule has 1 aromatic rings. The Balaban J connectivity index is 1.24. The molecule has 1 aliphatic heterocycles. The van der Waals surface area contributed by atoms with Crippen molar-refractivity contribution in [2.24, 2.45) is 39.6 Å². The molecule has 4 aliphatic carbocycles. The summed E-state index contributed by atoms with van der Waals surface area (Å²) in [5, 5.41) is 6.27. The lowest BCUT2D eigenvalue weighted by molar-refractivity contribution is -0.150. The lowest BCUT2D eigenvalue weighted by Gasteiger charge is -2.58. The Morgan fingerprint density at radius 1 is 1.00 bits per heavy atom. The molecule has 0 aromatic heterocycles. The van der Waals surface area contributed by atoms with E-state index in [2.05, 4.69) is 25.0 Å². The summed E-state index contributed by atoms with van der Waals surface area (Å²) < 4.78 is 12.1. The number of allylic oxidation sites excluding steroid dienone is 1. The Hall–Kier alpha value is -2.63. The minimum atomic E-state index is -0.330. The van der Waals surface area contributed by atoms with Gasteiger partial charge in [0.1, 0.15) is 6.10 Å². The third-order valence-electron chi connectivity index (χ3n) is 10.8. The highest BCUT2D eigenvalue weighted by Crippen LogP contribution is 2.67. The van der Waals surface area contributed by atoms with Gasteiger partial charge in [0.25, 0.3) is 0 Å². The van der Waals surface area contributed by atoms with Gasteiger partial charge < -0.3 is 9.47 Å². The average molecular weight is 505 g/mol. The highest BCUT2D eigenvalue weighted by Gasteiger charge is 2.61. The minimum absolute atomic E-state index is 0.0361. The van der Waals surface area contributed by atoms with Crippen molar-refractivity contribution in [1.29, 1.82) is 0 Å². The summed E-state index contributed by atoms with van der Waals surface area (Å²) in [4.78, 5) is 24.2. The number of esters is 1. The van der Waals surface area contributed by atoms with Gasteiger partial charge in [0.2, 0.25) is 11.8 Å². The Labute approximate surface area is 220 Å². The molecule has 0 bridgehead atoms. The van der Waals surface area contributed by atoms with Crippen LogP contribution in [0.15, 0.2) is 47.1 Å². The van der Waals surface area contributed by atoms with Gasteiger partial charge in [-0.2, -0.15) is 5.01 Å². The molecule has 5 aliphatic rings. The third-order valence-corrected chi connectivity index (χ3v) is 10.8. The van der Waals surface area contributed by atoms with Crippen molar-refractivity contribution in [3.8, 4) is 0 Å². The second kappa shape index (κ2) is 8.99. The first-order valence-corrected chi connectivity index (χ1v) is 14.2. The van der Waals surface area contributed by atoms with Gasteiger partial charge in [-0.15, -0.1) is 5.10 Å². The topological polar surface area (TPSA) is 68.2 Å². The molecule has 198 valence electrons. The molecular weight excluding hydrogens is 464 g/mol. The van der Waals surface area contributed by atoms with E-state index in [1.807, 2.05) is 30.3 Å². The summed E-state index contributed by atoms with van der Waals surface area (Å²) in [5.41, 5.74) is 2.77. The summed E-state index contributed by atoms with van der Waals surface area (Å²) in [6.45, 7) is 8.06. The number of amides is 1. The van der Waals surface area contributed by atoms with Gasteiger partial charge in [0, 0.05) is 31.7 Å². The fraction of sp³-hybridized carbons (Fsp3) is 0.645. The molecule has 1 amide bonds. The number of hydrogen-bond donors (Lipinski definition) is 0. The van der Waals surface area contributed by atoms with Crippen molar-refractivity contribution in [3.63, 3.8) is 0 Å². The molecule has 0 N–H and O–H groups in total. The Bertz CT molecular complexity index is 1150. The normalized spacial score (nSPS) is 40.5. The lowest BCUT2D eigenvalue weighted by atomic mass is 9.47. The number of fused-ring (bicyclic) bond motifs is 5. The highest BCUT2D eigenvalue weighted by atomic mass is 16.5. The Morgan fingerprint density at radius 3 is 2.49 bits per heavy atom. The number of rotatable bonds is 3. The zero-order chi connectivity index (χ0) is 25.9. The standard InChI is InChI=1S/C31H40N2O4/c1-19(34)33-29(37-28(32-33)21-8-6-5-7-9-21)27-13-12-25-24-11-10-22-18-23(36-20(2)35)14-16-30(22,3)26(24)15-17-31(25,27)4/h5-10,23-27,29H,11-18H2,1-4H3/t23-,24-,25-,26-,27+,29-,30-,31-/m0/s1. The summed E-state index contributed by atoms with van der Waals surface area (Å²) in [6.07, 6.45) is 10.9. The molecule has 0 radical (unpaired) electrons. The maximum atomic E-state index is 12.7. The van der Waals surface area contributed by atoms with E-state index in [1.54, 1.807) is 11.9 Å². The first-order valence-electron chi connectivity index (χ1n) is 14.2. The van der Waals surface area contributed by atoms with Crippen molar-refractivity contribution in [1.82, 2.24) is 5.01 Å². The predicted molar refractivity (Wildman–Crippen MR) is 141 cm³/mol. The second-order valence-electron chi connectivity index (χ2n) is 12.6. The number of nitrogens with zero attached hydrogens (tertiary/aromatic N) is 2. The lowest BCUT2D eigenvalue weighted by Crippen LogP contribution is -2.53. The quantitative estimate of drug-likeness (QED) is 0.370. The van der Waals surface area contributed by atoms with E-state index in [0.717, 1.165) is 44.1 Å². The van der Waals surface area contributed by atoms with E-state index in [4.69, 9.17) is 9.47 Å². The van der Waals surface area contributed by atoms with Crippen molar-refractivity contribution in [2.45, 2.75) is 91.4 Å². The predicted octanol–water partition coefficient (Wildman–Crippen LogP) is 6.06. The smallest absolute Gasteiger partial charge is 0.302 e. The van der Waals surface area contributed by atoms with Crippen molar-refractivity contribution in [3.05, 3.63) is 47.5 Å². The van der Waals surface area contributed by atoms with E-state index < -0.39 is 0 Å². The Morgan fingerprint density at radius 2 is 1.76 bits per heavy atom. The van der Waals surface area contributed by atoms with Crippen molar-refractivity contribution >= 4 is 17.8 Å². The molecule has 8 atom stereocenters. The van der Waals surface area contributed by atoms with Crippen LogP contribution >= 0.6 is 0 Å². The minimum Gasteiger partial charge on any atom is -0.462 e. The zero-order valence-electron chi connectivity index (χ0n) is 22.6. The van der Waals surface area contributed by atoms with E-state index in [1.165, 1.54) is 25.3 Å². The first-order chi connectivity index (χ1) is 17.7. The van der Waals surface area contributed by atoms with E-state index >= 15 is 0 Å². The molecule has 37 heavy (non-hydrogen) atoms. The van der Waals surface area contributed by atoms with Crippen LogP contribution in [0.2, 0.25) is 0 Å². The molecule has 3 fully saturated rings. The number of hydrazone groups is 1. The first kappa shape index (κ1) is 24.7. The maximum Gasteiger partial charge on any atom is 0.302 e. The van der Waals surface area contributed by atoms with Crippen LogP contribution in [0.1, 0.15) is 84.6 Å². The maximum absolute atomic E-state index is 12.7. The molecule has 0 saturated heterocycles. The summed E-state index contributed by atoms with van der Waals surface area (Å²) in [6, 6.07) is 9.92. The van der Waals surface area contributed by atoms with Crippen molar-refractivity contribution in [2.75, 3.05) is 0 Å². The van der Waals surface area contributed by atoms with Crippen LogP contribution < -0.4 is 0 Å². The van der Waals surface area contributed by atoms with E-state index in [0.29, 0.717) is 23.7 Å². The number of carbonyl (C=O) groups excluding carboxylic acids is 2. The van der Waals surface area contributed by atoms with Crippen LogP contribution in [-0.2, 0) is 19.1 Å². The fourth-order valence-corrected chi connectivity index (χ4v) is 9.02. The number of ether oxygens (including phenoxy) is 2. The molecular formula is C31H40N2O4. The highest BCUT2D eigenvalue weighted by molar-refractivity contribution is 5.96. The van der Waals surface area contributed by atoms with Crippen LogP contribution in [0, 0.1) is 34.5 Å². The van der Waals surface area contributed by atoms with Gasteiger partial charge >= 0.3 is 5.97 Å². The van der Waals surface area contributed by atoms with Crippen LogP contribution in [-0.4, -0.2) is 35.1 Å². The molecule has 1 aromatic carbocycles. The van der Waals surface area contributed by atoms with Gasteiger partial charge in [-0.3, -0.25) is 9.59 Å². The zero-order valence-corrected chi connectivity index (χ0v) is 22.6. The second-order valence-corrected chi connectivity index (χ2v) is 12.6. The van der Waals surface area contributed by atoms with E-state index in [-0.39, 0.29) is 41.0 Å². The fourth-order valence-electron chi connectivity index (χ4n) is 9.02. The molecule has 6 rings (SSSR count). The van der Waals surface area contributed by atoms with Gasteiger partial charge in [-0.25, -0.2) is 0 Å². The van der Waals surface area contributed by atoms with E-state index in [9.17, 15) is 9.59 Å². The van der Waals surface area contributed by atoms with Gasteiger partial charge in [-0.1, -0.05) is 43.7 Å². The van der Waals surface area contributed by atoms with Crippen LogP contribution in [0.25, 0.3) is 0 Å². The summed E-state index contributed by atoms with van der Waals surface area (Å²) in [7, 11) is 0. The third kappa shape index (κ3) is 3.93. The van der Waals surface area contributed by atoms with Crippen LogP contribution in [0.4, 0.5) is 0 Å². The summed E-state index contributed by atoms with van der Waals surface area (Å²) >= 11 is 0. The number of benzene rings is 1. The average Bonchev–Trinajstić information content (AvgIpc) is 3.46. The molecule has 0 spiro atoms. The molecule has 3 saturated carbocycles. The van der Waals surface area contributed by atoms with Crippen LogP contribution in [0.3, 0.4) is 0 Å². The SMILES string of the molecule is CC(=O)O[C@H]1CC[C@@]2(C)C(=CC[C@H]3[C@@H]4CC[C@H]([C@@H]5OC(c6ccccc6)=NN5C(C)=O)[C@@]4(C)CC[C@@H]32)C1. The molecule has 0 unspecified atom stereocenters. The number of hydrogen-bond acceptors (Lipinski definition) is 5. The number of carbonyl (C=O) groups is 2.